The summed E-state index contributed by atoms with van der Waals surface area (Å²) in [6.45, 7) is 7.15. The van der Waals surface area contributed by atoms with E-state index in [2.05, 4.69) is 36.1 Å². The van der Waals surface area contributed by atoms with Gasteiger partial charge in [-0.15, -0.1) is 0 Å². The van der Waals surface area contributed by atoms with Gasteiger partial charge in [0.05, 0.1) is 11.6 Å². The summed E-state index contributed by atoms with van der Waals surface area (Å²) in [5.74, 6) is 0.0277. The third-order valence-electron chi connectivity index (χ3n) is 11.4. The number of esters is 1. The van der Waals surface area contributed by atoms with Crippen molar-refractivity contribution in [1.29, 1.82) is 0 Å². The van der Waals surface area contributed by atoms with Gasteiger partial charge in [-0.1, -0.05) is 20.8 Å². The van der Waals surface area contributed by atoms with E-state index in [0.717, 1.165) is 40.6 Å². The monoisotopic (exact) mass is 517 g/mol. The minimum absolute atomic E-state index is 0.0674. The average Bonchev–Trinajstić information content (AvgIpc) is 3.81. The standard InChI is InChI=1S/C29H31N3O6/c1-14(2)27-22(37-27)23-29(38-23)25(3)7-6-17-18(11-35-24(17)33)19(25)9-21-28(29,36-21)26(27,34)12-31-16-4-5-20-15(8-16)10-30-13-32-20/h4-5,8,10,13-14,19,21-23,31,34H,6-7,9,11-12H2,1-3H3/t19-,21-,22-,23-,25-,26-,27-,28+,29+/m0/s1. The summed E-state index contributed by atoms with van der Waals surface area (Å²) in [6.07, 6.45) is 5.07. The number of fused-ring (bicyclic) bond motifs is 5. The predicted molar refractivity (Wildman–Crippen MR) is 134 cm³/mol. The van der Waals surface area contributed by atoms with Crippen molar-refractivity contribution in [3.05, 3.63) is 41.9 Å². The molecule has 5 heterocycles. The molecule has 0 amide bonds. The van der Waals surface area contributed by atoms with Crippen molar-refractivity contribution in [2.75, 3.05) is 18.5 Å². The molecule has 2 spiro atoms. The quantitative estimate of drug-likeness (QED) is 0.465. The maximum atomic E-state index is 13.0. The molecule has 0 bridgehead atoms. The van der Waals surface area contributed by atoms with Gasteiger partial charge in [-0.25, -0.2) is 14.8 Å². The van der Waals surface area contributed by atoms with Crippen molar-refractivity contribution < 1.29 is 28.8 Å². The summed E-state index contributed by atoms with van der Waals surface area (Å²) >= 11 is 0. The van der Waals surface area contributed by atoms with E-state index < -0.39 is 22.4 Å². The molecule has 1 aromatic heterocycles. The molecule has 1 aromatic carbocycles. The number of epoxide rings is 3. The molecule has 7 aliphatic rings. The second-order valence-corrected chi connectivity index (χ2v) is 12.9. The zero-order valence-corrected chi connectivity index (χ0v) is 21.7. The van der Waals surface area contributed by atoms with Crippen molar-refractivity contribution in [1.82, 2.24) is 9.97 Å². The van der Waals surface area contributed by atoms with E-state index >= 15 is 0 Å². The van der Waals surface area contributed by atoms with E-state index in [-0.39, 0.29) is 48.1 Å². The molecule has 2 N–H and O–H groups in total. The predicted octanol–water partition coefficient (Wildman–Crippen LogP) is 2.53. The maximum absolute atomic E-state index is 13.0. The molecule has 3 saturated heterocycles. The van der Waals surface area contributed by atoms with Crippen molar-refractivity contribution in [3.8, 4) is 0 Å². The van der Waals surface area contributed by atoms with Gasteiger partial charge >= 0.3 is 5.97 Å². The second kappa shape index (κ2) is 6.41. The smallest absolute Gasteiger partial charge is 0.334 e. The highest BCUT2D eigenvalue weighted by Gasteiger charge is 3.04. The molecule has 2 saturated carbocycles. The Kier molecular flexibility index (Phi) is 3.75. The minimum Gasteiger partial charge on any atom is -0.458 e. The molecule has 0 unspecified atom stereocenters. The number of hydrogen-bond acceptors (Lipinski definition) is 9. The third-order valence-corrected chi connectivity index (χ3v) is 11.4. The van der Waals surface area contributed by atoms with Gasteiger partial charge in [0.25, 0.3) is 0 Å². The Balaban J connectivity index is 1.14. The Morgan fingerprint density at radius 1 is 1.18 bits per heavy atom. The van der Waals surface area contributed by atoms with Gasteiger partial charge in [0.1, 0.15) is 41.9 Å². The summed E-state index contributed by atoms with van der Waals surface area (Å²) in [6, 6.07) is 5.95. The molecular formula is C29H31N3O6. The van der Waals surface area contributed by atoms with Crippen LogP contribution >= 0.6 is 0 Å². The lowest BCUT2D eigenvalue weighted by atomic mass is 9.44. The number of carbonyl (C=O) groups is 1. The number of nitrogens with one attached hydrogen (secondary N) is 1. The van der Waals surface area contributed by atoms with E-state index in [1.54, 1.807) is 12.5 Å². The Morgan fingerprint density at radius 2 is 2.05 bits per heavy atom. The lowest BCUT2D eigenvalue weighted by Crippen LogP contribution is -2.77. The molecule has 9 atom stereocenters. The number of aliphatic hydroxyl groups is 1. The van der Waals surface area contributed by atoms with Crippen molar-refractivity contribution in [2.45, 2.75) is 80.7 Å². The molecule has 2 aromatic rings. The fraction of sp³-hybridized carbons (Fsp3) is 0.621. The number of ether oxygens (including phenoxy) is 4. The summed E-state index contributed by atoms with van der Waals surface area (Å²) in [4.78, 5) is 20.9. The summed E-state index contributed by atoms with van der Waals surface area (Å²) in [5, 5.41) is 17.5. The topological polar surface area (TPSA) is 122 Å². The molecule has 0 radical (unpaired) electrons. The van der Waals surface area contributed by atoms with Crippen LogP contribution in [0.1, 0.15) is 40.0 Å². The van der Waals surface area contributed by atoms with E-state index in [0.29, 0.717) is 13.0 Å². The van der Waals surface area contributed by atoms with Crippen LogP contribution in [0.3, 0.4) is 0 Å². The third kappa shape index (κ3) is 2.10. The van der Waals surface area contributed by atoms with Crippen molar-refractivity contribution in [3.63, 3.8) is 0 Å². The second-order valence-electron chi connectivity index (χ2n) is 12.9. The van der Waals surface area contributed by atoms with Crippen LogP contribution < -0.4 is 5.32 Å². The van der Waals surface area contributed by atoms with Crippen LogP contribution in [0.5, 0.6) is 0 Å². The lowest BCUT2D eigenvalue weighted by Gasteiger charge is -2.56. The first kappa shape index (κ1) is 22.2. The molecule has 9 heteroatoms. The number of carbonyl (C=O) groups excluding carboxylic acids is 1. The molecule has 4 aliphatic heterocycles. The van der Waals surface area contributed by atoms with Crippen LogP contribution in [-0.4, -0.2) is 74.9 Å². The van der Waals surface area contributed by atoms with Crippen LogP contribution in [0.25, 0.3) is 10.9 Å². The molecule has 5 fully saturated rings. The van der Waals surface area contributed by atoms with Gasteiger partial charge < -0.3 is 29.4 Å². The molecule has 38 heavy (non-hydrogen) atoms. The van der Waals surface area contributed by atoms with E-state index in [1.165, 1.54) is 0 Å². The van der Waals surface area contributed by atoms with Gasteiger partial charge in [0.2, 0.25) is 0 Å². The minimum atomic E-state index is -1.32. The number of nitrogens with zero attached hydrogens (tertiary/aromatic N) is 2. The van der Waals surface area contributed by atoms with Crippen LogP contribution in [0, 0.1) is 17.3 Å². The molecule has 3 aliphatic carbocycles. The van der Waals surface area contributed by atoms with E-state index in [9.17, 15) is 9.90 Å². The van der Waals surface area contributed by atoms with E-state index in [4.69, 9.17) is 18.9 Å². The molecular weight excluding hydrogens is 486 g/mol. The first-order valence-corrected chi connectivity index (χ1v) is 13.8. The maximum Gasteiger partial charge on any atom is 0.334 e. The molecule has 9 rings (SSSR count). The first-order chi connectivity index (χ1) is 18.2. The van der Waals surface area contributed by atoms with Crippen molar-refractivity contribution in [2.24, 2.45) is 17.3 Å². The van der Waals surface area contributed by atoms with Gasteiger partial charge in [-0.05, 0) is 54.9 Å². The van der Waals surface area contributed by atoms with Gasteiger partial charge in [0, 0.05) is 34.8 Å². The lowest BCUT2D eigenvalue weighted by molar-refractivity contribution is -0.159. The number of benzene rings is 1. The van der Waals surface area contributed by atoms with Gasteiger partial charge in [-0.2, -0.15) is 0 Å². The summed E-state index contributed by atoms with van der Waals surface area (Å²) in [7, 11) is 0. The SMILES string of the molecule is CC(C)[C@]12O[C@H]1[C@@H]1O[C@]13[C@]1(O[C@H]1C[C@H]1C4=C(CC[C@@]13C)C(=O)OC4)[C@]2(O)CNc1ccc2ncncc2c1. The number of rotatable bonds is 4. The fourth-order valence-corrected chi connectivity index (χ4v) is 9.67. The Labute approximate surface area is 219 Å². The Morgan fingerprint density at radius 3 is 2.89 bits per heavy atom. The molecule has 198 valence electrons. The Bertz CT molecular complexity index is 1490. The summed E-state index contributed by atoms with van der Waals surface area (Å²) in [5.41, 5.74) is -0.178. The van der Waals surface area contributed by atoms with Crippen LogP contribution in [0.4, 0.5) is 5.69 Å². The highest BCUT2D eigenvalue weighted by Crippen LogP contribution is 2.85. The average molecular weight is 518 g/mol. The number of anilines is 1. The zero-order chi connectivity index (χ0) is 25.9. The number of hydrogen-bond donors (Lipinski definition) is 2. The highest BCUT2D eigenvalue weighted by atomic mass is 16.7. The number of cyclic esters (lactones) is 1. The number of aromatic nitrogens is 2. The highest BCUT2D eigenvalue weighted by molar-refractivity contribution is 5.92. The van der Waals surface area contributed by atoms with Crippen LogP contribution in [0.2, 0.25) is 0 Å². The largest absolute Gasteiger partial charge is 0.458 e. The Hall–Kier alpha value is -2.59. The van der Waals surface area contributed by atoms with Gasteiger partial charge in [-0.3, -0.25) is 0 Å². The van der Waals surface area contributed by atoms with Crippen molar-refractivity contribution >= 4 is 22.6 Å². The summed E-state index contributed by atoms with van der Waals surface area (Å²) < 4.78 is 25.6. The zero-order valence-electron chi connectivity index (χ0n) is 21.7. The van der Waals surface area contributed by atoms with Gasteiger partial charge in [0.15, 0.2) is 5.60 Å². The van der Waals surface area contributed by atoms with Crippen LogP contribution in [0.15, 0.2) is 41.9 Å². The van der Waals surface area contributed by atoms with Crippen LogP contribution in [-0.2, 0) is 23.7 Å². The normalized spacial score (nSPS) is 48.8. The first-order valence-electron chi connectivity index (χ1n) is 13.8. The van der Waals surface area contributed by atoms with E-state index in [1.807, 2.05) is 18.2 Å². The fourth-order valence-electron chi connectivity index (χ4n) is 9.67. The molecule has 9 nitrogen and oxygen atoms in total.